The molecule has 0 radical (unpaired) electrons. The Morgan fingerprint density at radius 1 is 1.13 bits per heavy atom. The summed E-state index contributed by atoms with van der Waals surface area (Å²) < 4.78 is 30.2. The molecule has 0 saturated carbocycles. The minimum atomic E-state index is -2.30. The maximum absolute atomic E-state index is 13.2. The van der Waals surface area contributed by atoms with E-state index in [9.17, 15) is 8.78 Å². The molecule has 82 valence electrons. The minimum Gasteiger partial charge on any atom is -0.509 e. The number of hydrogen-bond donors (Lipinski definition) is 2. The molecule has 0 bridgehead atoms. The van der Waals surface area contributed by atoms with Crippen molar-refractivity contribution in [3.05, 3.63) is 26.2 Å². The number of benzene rings is 1. The van der Waals surface area contributed by atoms with E-state index in [4.69, 9.17) is 33.2 Å². The third kappa shape index (κ3) is 2.54. The summed E-state index contributed by atoms with van der Waals surface area (Å²) in [6.07, 6.45) is 0. The fourth-order valence-electron chi connectivity index (χ4n) is 0.794. The molecule has 0 atom stereocenters. The van der Waals surface area contributed by atoms with Gasteiger partial charge in [0.05, 0.1) is 14.5 Å². The van der Waals surface area contributed by atoms with Crippen molar-refractivity contribution in [2.24, 2.45) is 0 Å². The zero-order valence-electron chi connectivity index (χ0n) is 6.77. The highest BCUT2D eigenvalue weighted by atomic mass is 79.9. The first kappa shape index (κ1) is 13.0. The molecule has 0 unspecified atom stereocenters. The van der Waals surface area contributed by atoms with Gasteiger partial charge >= 0.3 is 7.32 Å². The van der Waals surface area contributed by atoms with Crippen molar-refractivity contribution in [1.29, 1.82) is 0 Å². The van der Waals surface area contributed by atoms with Crippen LogP contribution in [0.2, 0.25) is 10.0 Å². The molecule has 1 rings (SSSR count). The summed E-state index contributed by atoms with van der Waals surface area (Å²) in [6.45, 7) is 0. The van der Waals surface area contributed by atoms with Gasteiger partial charge in [-0.15, -0.1) is 0 Å². The van der Waals surface area contributed by atoms with E-state index in [2.05, 4.69) is 20.6 Å². The van der Waals surface area contributed by atoms with Gasteiger partial charge in [-0.25, -0.2) is 4.39 Å². The van der Waals surface area contributed by atoms with E-state index in [0.29, 0.717) is 0 Å². The van der Waals surface area contributed by atoms with Crippen LogP contribution in [0.15, 0.2) is 4.47 Å². The van der Waals surface area contributed by atoms with Crippen LogP contribution >= 0.6 is 39.1 Å². The van der Waals surface area contributed by atoms with Crippen LogP contribution in [0.4, 0.5) is 8.78 Å². The lowest BCUT2D eigenvalue weighted by molar-refractivity contribution is 0.278. The monoisotopic (exact) mass is 320 g/mol. The van der Waals surface area contributed by atoms with Crippen LogP contribution < -0.4 is 4.65 Å². The van der Waals surface area contributed by atoms with Crippen molar-refractivity contribution < 1.29 is 23.5 Å². The first-order valence-electron chi connectivity index (χ1n) is 3.40. The molecular formula is C6H2BBrCl2F2O3. The Labute approximate surface area is 102 Å². The molecule has 1 aromatic carbocycles. The summed E-state index contributed by atoms with van der Waals surface area (Å²) in [5.41, 5.74) is 0. The predicted molar refractivity (Wildman–Crippen MR) is 54.9 cm³/mol. The number of rotatable bonds is 2. The van der Waals surface area contributed by atoms with Crippen LogP contribution in [-0.4, -0.2) is 17.4 Å². The summed E-state index contributed by atoms with van der Waals surface area (Å²) in [7, 11) is -2.30. The molecule has 0 aliphatic carbocycles. The first-order chi connectivity index (χ1) is 6.86. The van der Waals surface area contributed by atoms with Crippen molar-refractivity contribution >= 4 is 46.5 Å². The van der Waals surface area contributed by atoms with Crippen molar-refractivity contribution in [2.45, 2.75) is 0 Å². The molecule has 1 aromatic rings. The fraction of sp³-hybridized carbons (Fsp3) is 0. The standard InChI is InChI=1S/C6H2BBrCl2F2O3/c8-1-2(9)3(10)4(11)5(12)6(1)15-7(13)14/h13-14H. The lowest BCUT2D eigenvalue weighted by Crippen LogP contribution is -2.22. The lowest BCUT2D eigenvalue weighted by atomic mass is 10.2. The molecule has 0 amide bonds. The Hall–Kier alpha value is -0.0751. The van der Waals surface area contributed by atoms with Gasteiger partial charge in [0.25, 0.3) is 0 Å². The summed E-state index contributed by atoms with van der Waals surface area (Å²) >= 11 is 13.6. The van der Waals surface area contributed by atoms with Gasteiger partial charge in [0, 0.05) is 0 Å². The van der Waals surface area contributed by atoms with E-state index in [1.807, 2.05) is 0 Å². The smallest absolute Gasteiger partial charge is 0.509 e. The second-order valence-electron chi connectivity index (χ2n) is 2.34. The molecule has 0 aromatic heterocycles. The molecule has 9 heteroatoms. The molecule has 0 aliphatic heterocycles. The van der Waals surface area contributed by atoms with E-state index in [0.717, 1.165) is 0 Å². The molecule has 0 fully saturated rings. The van der Waals surface area contributed by atoms with Crippen LogP contribution in [0.5, 0.6) is 5.75 Å². The summed E-state index contributed by atoms with van der Waals surface area (Å²) in [6, 6.07) is 0. The second-order valence-corrected chi connectivity index (χ2v) is 3.89. The van der Waals surface area contributed by atoms with Gasteiger partial charge in [0.15, 0.2) is 11.6 Å². The molecule has 0 heterocycles. The average molecular weight is 322 g/mol. The molecule has 3 nitrogen and oxygen atoms in total. The van der Waals surface area contributed by atoms with Crippen LogP contribution in [0, 0.1) is 11.6 Å². The third-order valence-corrected chi connectivity index (χ3v) is 3.21. The van der Waals surface area contributed by atoms with E-state index in [1.54, 1.807) is 0 Å². The lowest BCUT2D eigenvalue weighted by Gasteiger charge is -2.11. The maximum atomic E-state index is 13.2. The van der Waals surface area contributed by atoms with Crippen molar-refractivity contribution in [1.82, 2.24) is 0 Å². The van der Waals surface area contributed by atoms with E-state index < -0.39 is 29.7 Å². The molecule has 15 heavy (non-hydrogen) atoms. The Balaban J connectivity index is 3.39. The highest BCUT2D eigenvalue weighted by Crippen LogP contribution is 2.41. The van der Waals surface area contributed by atoms with Crippen LogP contribution in [-0.2, 0) is 0 Å². The molecule has 2 N–H and O–H groups in total. The Bertz CT molecular complexity index is 375. The Kier molecular flexibility index (Phi) is 4.19. The second kappa shape index (κ2) is 4.84. The van der Waals surface area contributed by atoms with Gasteiger partial charge in [-0.3, -0.25) is 0 Å². The van der Waals surface area contributed by atoms with E-state index in [1.165, 1.54) is 0 Å². The Morgan fingerprint density at radius 3 is 2.13 bits per heavy atom. The molecule has 0 spiro atoms. The quantitative estimate of drug-likeness (QED) is 0.499. The van der Waals surface area contributed by atoms with Crippen LogP contribution in [0.3, 0.4) is 0 Å². The number of halogens is 5. The summed E-state index contributed by atoms with van der Waals surface area (Å²) in [5.74, 6) is -3.67. The average Bonchev–Trinajstić information content (AvgIpc) is 2.18. The van der Waals surface area contributed by atoms with Crippen molar-refractivity contribution in [3.8, 4) is 5.75 Å². The van der Waals surface area contributed by atoms with Crippen molar-refractivity contribution in [2.75, 3.05) is 0 Å². The highest BCUT2D eigenvalue weighted by Gasteiger charge is 2.25. The van der Waals surface area contributed by atoms with Gasteiger partial charge in [-0.1, -0.05) is 23.2 Å². The highest BCUT2D eigenvalue weighted by molar-refractivity contribution is 9.10. The summed E-state index contributed by atoms with van der Waals surface area (Å²) in [4.78, 5) is 0. The van der Waals surface area contributed by atoms with Gasteiger partial charge < -0.3 is 14.7 Å². The molecular weight excluding hydrogens is 320 g/mol. The zero-order chi connectivity index (χ0) is 11.7. The normalized spacial score (nSPS) is 10.3. The zero-order valence-corrected chi connectivity index (χ0v) is 9.87. The largest absolute Gasteiger partial charge is 0.707 e. The molecule has 0 saturated heterocycles. The van der Waals surface area contributed by atoms with Gasteiger partial charge in [0.2, 0.25) is 5.82 Å². The predicted octanol–water partition coefficient (Wildman–Crippen LogP) is 2.38. The van der Waals surface area contributed by atoms with Crippen LogP contribution in [0.25, 0.3) is 0 Å². The van der Waals surface area contributed by atoms with E-state index in [-0.39, 0.29) is 9.50 Å². The van der Waals surface area contributed by atoms with Crippen molar-refractivity contribution in [3.63, 3.8) is 0 Å². The maximum Gasteiger partial charge on any atom is 0.707 e. The van der Waals surface area contributed by atoms with Gasteiger partial charge in [-0.2, -0.15) is 4.39 Å². The van der Waals surface area contributed by atoms with Crippen LogP contribution in [0.1, 0.15) is 0 Å². The third-order valence-electron chi connectivity index (χ3n) is 1.39. The fourth-order valence-corrected chi connectivity index (χ4v) is 1.72. The Morgan fingerprint density at radius 2 is 1.67 bits per heavy atom. The topological polar surface area (TPSA) is 49.7 Å². The SMILES string of the molecule is OB(O)Oc1c(F)c(F)c(Cl)c(Cl)c1Br. The first-order valence-corrected chi connectivity index (χ1v) is 4.95. The minimum absolute atomic E-state index is 0.207. The molecule has 0 aliphatic rings. The van der Waals surface area contributed by atoms with Gasteiger partial charge in [-0.05, 0) is 15.9 Å². The number of hydrogen-bond acceptors (Lipinski definition) is 3. The van der Waals surface area contributed by atoms with E-state index >= 15 is 0 Å². The summed E-state index contributed by atoms with van der Waals surface area (Å²) in [5, 5.41) is 16.0. The van der Waals surface area contributed by atoms with Gasteiger partial charge in [0.1, 0.15) is 0 Å².